The van der Waals surface area contributed by atoms with Gasteiger partial charge in [-0.2, -0.15) is 8.62 Å². The SMILES string of the molecule is C=C1NC(=O)C(C#CC(=O)CCc2cn(CC(=O)N(C)Cc3ccc4cccc(B(O)O)c4n3)nn2)=CN1[C@H]1CC(O)[C@@H](COP(=O)(O)OP(=O)(O)OP(=O)(O)O)O1. The van der Waals surface area contributed by atoms with Crippen LogP contribution in [0.25, 0.3) is 10.9 Å². The number of phosphoric acid groups is 3. The maximum Gasteiger partial charge on any atom is 0.490 e. The number of hydrogen-bond donors (Lipinski definition) is 8. The molecule has 1 fully saturated rings. The zero-order valence-corrected chi connectivity index (χ0v) is 32.7. The Morgan fingerprint density at radius 1 is 1.10 bits per heavy atom. The Morgan fingerprint density at radius 2 is 1.84 bits per heavy atom. The van der Waals surface area contributed by atoms with Crippen LogP contribution in [0.3, 0.4) is 0 Å². The number of benzene rings is 1. The van der Waals surface area contributed by atoms with Crippen LogP contribution >= 0.6 is 23.5 Å². The highest BCUT2D eigenvalue weighted by atomic mass is 31.3. The molecule has 0 spiro atoms. The number of phosphoric ester groups is 1. The number of ether oxygens (including phenoxy) is 1. The molecule has 2 aliphatic heterocycles. The smallest absolute Gasteiger partial charge is 0.423 e. The topological polar surface area (TPSA) is 343 Å². The number of carbonyl (C=O) groups excluding carboxylic acids is 3. The number of pyridine rings is 1. The lowest BCUT2D eigenvalue weighted by Gasteiger charge is -2.32. The average molecular weight is 869 g/mol. The van der Waals surface area contributed by atoms with Crippen molar-refractivity contribution in [2.75, 3.05) is 13.7 Å². The third kappa shape index (κ3) is 12.3. The number of para-hydroxylation sites is 1. The zero-order valence-electron chi connectivity index (χ0n) is 30.0. The Kier molecular flexibility index (Phi) is 14.0. The van der Waals surface area contributed by atoms with Crippen molar-refractivity contribution in [2.24, 2.45) is 0 Å². The van der Waals surface area contributed by atoms with Crippen molar-refractivity contribution >= 4 is 64.5 Å². The second-order valence-electron chi connectivity index (χ2n) is 12.6. The van der Waals surface area contributed by atoms with Gasteiger partial charge in [-0.1, -0.05) is 42.0 Å². The number of carbonyl (C=O) groups is 3. The van der Waals surface area contributed by atoms with Crippen molar-refractivity contribution in [3.63, 3.8) is 0 Å². The number of ketones is 1. The van der Waals surface area contributed by atoms with E-state index in [0.717, 1.165) is 0 Å². The quantitative estimate of drug-likeness (QED) is 0.0343. The van der Waals surface area contributed by atoms with Gasteiger partial charge in [-0.25, -0.2) is 18.4 Å². The lowest BCUT2D eigenvalue weighted by molar-refractivity contribution is -0.131. The van der Waals surface area contributed by atoms with Crippen LogP contribution in [-0.2, 0) is 65.5 Å². The number of hydrogen-bond acceptors (Lipinski definition) is 17. The van der Waals surface area contributed by atoms with Crippen LogP contribution in [0.4, 0.5) is 0 Å². The Labute approximate surface area is 328 Å². The number of aromatic nitrogens is 4. The van der Waals surface area contributed by atoms with E-state index in [4.69, 9.17) is 14.5 Å². The van der Waals surface area contributed by atoms with Gasteiger partial charge in [0.25, 0.3) is 5.91 Å². The van der Waals surface area contributed by atoms with Gasteiger partial charge in [0.1, 0.15) is 30.3 Å². The second kappa shape index (κ2) is 18.2. The van der Waals surface area contributed by atoms with E-state index in [1.165, 1.54) is 26.9 Å². The number of rotatable bonds is 16. The van der Waals surface area contributed by atoms with Gasteiger partial charge in [0.15, 0.2) is 0 Å². The highest BCUT2D eigenvalue weighted by Crippen LogP contribution is 2.66. The number of aliphatic hydroxyl groups excluding tert-OH is 1. The van der Waals surface area contributed by atoms with Crippen LogP contribution in [-0.4, -0.2) is 121 Å². The molecule has 0 radical (unpaired) electrons. The molecule has 2 aliphatic rings. The Bertz CT molecular complexity index is 2340. The summed E-state index contributed by atoms with van der Waals surface area (Å²) in [7, 11) is -17.0. The Hall–Kier alpha value is -4.47. The van der Waals surface area contributed by atoms with Gasteiger partial charge in [-0.3, -0.25) is 23.9 Å². The summed E-state index contributed by atoms with van der Waals surface area (Å²) in [5.74, 6) is 3.18. The van der Waals surface area contributed by atoms with E-state index in [1.54, 1.807) is 37.4 Å². The number of Topliss-reactive ketones (excluding diaryl/α,β-unsaturated/α-hetero) is 1. The van der Waals surface area contributed by atoms with Crippen LogP contribution in [0.15, 0.2) is 60.7 Å². The van der Waals surface area contributed by atoms with E-state index in [0.29, 0.717) is 22.3 Å². The number of fused-ring (bicyclic) bond motifs is 1. The molecule has 58 heavy (non-hydrogen) atoms. The molecule has 0 aliphatic carbocycles. The van der Waals surface area contributed by atoms with Crippen LogP contribution in [0.2, 0.25) is 0 Å². The van der Waals surface area contributed by atoms with Crippen molar-refractivity contribution in [2.45, 2.75) is 50.8 Å². The Morgan fingerprint density at radius 3 is 2.55 bits per heavy atom. The van der Waals surface area contributed by atoms with Crippen LogP contribution in [0.5, 0.6) is 0 Å². The van der Waals surface area contributed by atoms with Crippen molar-refractivity contribution in [1.82, 2.24) is 35.1 Å². The van der Waals surface area contributed by atoms with Crippen LogP contribution in [0, 0.1) is 11.8 Å². The van der Waals surface area contributed by atoms with Crippen molar-refractivity contribution in [3.05, 3.63) is 72.1 Å². The monoisotopic (exact) mass is 869 g/mol. The van der Waals surface area contributed by atoms with Gasteiger partial charge in [0.05, 0.1) is 36.2 Å². The summed E-state index contributed by atoms with van der Waals surface area (Å²) in [5, 5.41) is 40.9. The van der Waals surface area contributed by atoms with Gasteiger partial charge in [-0.05, 0) is 17.4 Å². The summed E-state index contributed by atoms with van der Waals surface area (Å²) in [6, 6.07) is 8.49. The minimum absolute atomic E-state index is 0.0249. The summed E-state index contributed by atoms with van der Waals surface area (Å²) >= 11 is 0. The molecule has 5 rings (SSSR count). The molecule has 3 aromatic rings. The standard InChI is InChI=1S/C30H35BN7O17P3/c1-18-32-30(42)20(13-38(18)28-12-25(40)26(53-28)17-52-57(48,49)55-58(50,51)54-56(45,46)47)7-10-23(39)11-9-22-15-37(35-34-22)16-27(41)36(2)14-21-8-6-19-4-3-5-24(31(43)44)29(19)33-21/h3-6,8,13,15,25-26,28,40,43-44H,1,9,11-12,14,16-17H2,2H3,(H,32,42)(H,48,49)(H,50,51)(H2,45,46,47)/t25?,26-,28-/m1/s1. The van der Waals surface area contributed by atoms with E-state index >= 15 is 0 Å². The first-order valence-corrected chi connectivity index (χ1v) is 21.1. The molecule has 310 valence electrons. The summed E-state index contributed by atoms with van der Waals surface area (Å²) < 4.78 is 53.2. The second-order valence-corrected chi connectivity index (χ2v) is 17.0. The van der Waals surface area contributed by atoms with Gasteiger partial charge in [0, 0.05) is 44.2 Å². The average Bonchev–Trinajstić information content (AvgIpc) is 3.72. The predicted molar refractivity (Wildman–Crippen MR) is 195 cm³/mol. The summed E-state index contributed by atoms with van der Waals surface area (Å²) in [6.45, 7) is 2.72. The van der Waals surface area contributed by atoms with Gasteiger partial charge in [-0.15, -0.1) is 5.10 Å². The summed E-state index contributed by atoms with van der Waals surface area (Å²) in [4.78, 5) is 81.6. The van der Waals surface area contributed by atoms with E-state index in [-0.39, 0.29) is 55.1 Å². The molecule has 2 aromatic heterocycles. The normalized spacial score (nSPS) is 20.4. The van der Waals surface area contributed by atoms with Crippen molar-refractivity contribution in [1.29, 1.82) is 0 Å². The first-order valence-electron chi connectivity index (χ1n) is 16.6. The maximum atomic E-state index is 12.9. The molecule has 2 amide bonds. The number of aryl methyl sites for hydroxylation is 1. The molecule has 0 saturated carbocycles. The third-order valence-electron chi connectivity index (χ3n) is 8.15. The molecule has 3 unspecified atom stereocenters. The molecule has 8 N–H and O–H groups in total. The molecule has 1 aromatic carbocycles. The molecule has 24 nitrogen and oxygen atoms in total. The van der Waals surface area contributed by atoms with Crippen molar-refractivity contribution in [3.8, 4) is 11.8 Å². The molecule has 1 saturated heterocycles. The van der Waals surface area contributed by atoms with Gasteiger partial charge >= 0.3 is 30.6 Å². The van der Waals surface area contributed by atoms with Crippen molar-refractivity contribution < 1.29 is 80.7 Å². The number of amides is 2. The molecular formula is C30H35BN7O17P3. The number of nitrogens with zero attached hydrogens (tertiary/aromatic N) is 6. The Balaban J connectivity index is 1.11. The van der Waals surface area contributed by atoms with Gasteiger partial charge in [0.2, 0.25) is 11.7 Å². The number of likely N-dealkylation sites (N-methyl/N-ethyl adjacent to an activating group) is 1. The zero-order chi connectivity index (χ0) is 42.6. The largest absolute Gasteiger partial charge is 0.490 e. The number of aliphatic hydroxyl groups is 1. The highest BCUT2D eigenvalue weighted by molar-refractivity contribution is 7.66. The minimum atomic E-state index is -5.77. The molecular weight excluding hydrogens is 834 g/mol. The van der Waals surface area contributed by atoms with Crippen LogP contribution < -0.4 is 10.8 Å². The minimum Gasteiger partial charge on any atom is -0.423 e. The first kappa shape index (κ1) is 44.6. The van der Waals surface area contributed by atoms with E-state index in [9.17, 15) is 53.0 Å². The fourth-order valence-electron chi connectivity index (χ4n) is 5.46. The molecule has 0 bridgehead atoms. The lowest BCUT2D eigenvalue weighted by atomic mass is 9.79. The summed E-state index contributed by atoms with van der Waals surface area (Å²) in [6.07, 6.45) is -1.37. The number of nitrogens with one attached hydrogen (secondary N) is 1. The summed E-state index contributed by atoms with van der Waals surface area (Å²) in [5.41, 5.74) is 1.34. The molecule has 28 heteroatoms. The van der Waals surface area contributed by atoms with E-state index in [2.05, 4.69) is 52.2 Å². The first-order chi connectivity index (χ1) is 27.1. The predicted octanol–water partition coefficient (Wildman–Crippen LogP) is -1.72. The fraction of sp³-hybridized carbons (Fsp3) is 0.333. The van der Waals surface area contributed by atoms with Gasteiger partial charge < -0.3 is 54.6 Å². The van der Waals surface area contributed by atoms with E-state index < -0.39 is 67.3 Å². The molecule has 5 atom stereocenters. The lowest BCUT2D eigenvalue weighted by Crippen LogP contribution is -2.43. The highest BCUT2D eigenvalue weighted by Gasteiger charge is 2.44. The third-order valence-corrected chi connectivity index (χ3v) is 12.0. The fourth-order valence-corrected chi connectivity index (χ4v) is 8.49. The molecule has 4 heterocycles. The van der Waals surface area contributed by atoms with Crippen LogP contribution in [0.1, 0.15) is 24.2 Å². The van der Waals surface area contributed by atoms with E-state index in [1.807, 2.05) is 0 Å². The maximum absolute atomic E-state index is 12.9.